The lowest BCUT2D eigenvalue weighted by Crippen LogP contribution is -2.54. The van der Waals surface area contributed by atoms with E-state index in [-0.39, 0.29) is 17.5 Å². The molecule has 0 saturated heterocycles. The smallest absolute Gasteiger partial charge is 0.306 e. The summed E-state index contributed by atoms with van der Waals surface area (Å²) in [5.74, 6) is 3.43. The van der Waals surface area contributed by atoms with Crippen LogP contribution in [0.1, 0.15) is 130 Å². The van der Waals surface area contributed by atoms with Crippen LogP contribution in [0.3, 0.4) is 0 Å². The molecule has 4 aliphatic rings. The highest BCUT2D eigenvalue weighted by Gasteiger charge is 2.60. The van der Waals surface area contributed by atoms with Crippen molar-refractivity contribution in [2.75, 3.05) is 0 Å². The van der Waals surface area contributed by atoms with Gasteiger partial charge in [-0.1, -0.05) is 59.3 Å². The number of rotatable bonds is 9. The predicted octanol–water partition coefficient (Wildman–Crippen LogP) is 7.65. The zero-order chi connectivity index (χ0) is 22.8. The minimum atomic E-state index is -0.0207. The number of esters is 1. The van der Waals surface area contributed by atoms with Crippen molar-refractivity contribution in [1.29, 1.82) is 0 Å². The maximum atomic E-state index is 12.6. The molecule has 4 fully saturated rings. The first-order chi connectivity index (χ1) is 15.4. The number of carbonyl (C=O) groups excluding carboxylic acids is 2. The third-order valence-electron chi connectivity index (χ3n) is 10.6. The number of fused-ring (bicyclic) bond motifs is 5. The second kappa shape index (κ2) is 10.2. The molecule has 0 radical (unpaired) electrons. The van der Waals surface area contributed by atoms with Crippen molar-refractivity contribution in [1.82, 2.24) is 0 Å². The normalized spacial score (nSPS) is 41.0. The zero-order valence-electron chi connectivity index (χ0n) is 21.1. The third kappa shape index (κ3) is 4.69. The van der Waals surface area contributed by atoms with Crippen LogP contribution in [-0.2, 0) is 14.3 Å². The standard InChI is InChI=1S/C29H48O3/c1-4-5-6-7-8-9-10-11-27(31)32-22-16-18-28(2)21(20-22)12-13-23-24-14-15-26(30)29(24,3)19-17-25(23)28/h21-25H,4-20H2,1-3H3/t21-,22-,23-,24-,25-,28-,29-/m0/s1. The molecule has 0 aromatic heterocycles. The zero-order valence-corrected chi connectivity index (χ0v) is 21.1. The first kappa shape index (κ1) is 24.3. The van der Waals surface area contributed by atoms with Gasteiger partial charge in [-0.05, 0) is 86.9 Å². The fourth-order valence-corrected chi connectivity index (χ4v) is 8.57. The van der Waals surface area contributed by atoms with Crippen molar-refractivity contribution in [2.24, 2.45) is 34.5 Å². The Bertz CT molecular complexity index is 671. The Labute approximate surface area is 196 Å². The maximum Gasteiger partial charge on any atom is 0.306 e. The van der Waals surface area contributed by atoms with Crippen LogP contribution in [0.25, 0.3) is 0 Å². The third-order valence-corrected chi connectivity index (χ3v) is 10.6. The van der Waals surface area contributed by atoms with Gasteiger partial charge in [-0.25, -0.2) is 0 Å². The Morgan fingerprint density at radius 3 is 2.44 bits per heavy atom. The number of ether oxygens (including phenoxy) is 1. The summed E-state index contributed by atoms with van der Waals surface area (Å²) in [7, 11) is 0. The summed E-state index contributed by atoms with van der Waals surface area (Å²) < 4.78 is 5.98. The van der Waals surface area contributed by atoms with Gasteiger partial charge in [0.15, 0.2) is 0 Å². The van der Waals surface area contributed by atoms with E-state index in [4.69, 9.17) is 4.74 Å². The molecule has 4 aliphatic carbocycles. The van der Waals surface area contributed by atoms with Crippen LogP contribution in [0.4, 0.5) is 0 Å². The molecule has 0 aromatic rings. The molecule has 0 bridgehead atoms. The Kier molecular flexibility index (Phi) is 7.72. The number of unbranched alkanes of at least 4 members (excludes halogenated alkanes) is 6. The Morgan fingerprint density at radius 1 is 0.906 bits per heavy atom. The van der Waals surface area contributed by atoms with Crippen LogP contribution in [-0.4, -0.2) is 17.9 Å². The highest BCUT2D eigenvalue weighted by atomic mass is 16.5. The van der Waals surface area contributed by atoms with Crippen LogP contribution < -0.4 is 0 Å². The molecule has 0 aromatic carbocycles. The van der Waals surface area contributed by atoms with Gasteiger partial charge in [-0.2, -0.15) is 0 Å². The predicted molar refractivity (Wildman–Crippen MR) is 129 cm³/mol. The molecule has 4 rings (SSSR count). The summed E-state index contributed by atoms with van der Waals surface area (Å²) in [5, 5.41) is 0. The molecule has 0 heterocycles. The van der Waals surface area contributed by atoms with Gasteiger partial charge in [-0.3, -0.25) is 9.59 Å². The van der Waals surface area contributed by atoms with Crippen molar-refractivity contribution >= 4 is 11.8 Å². The van der Waals surface area contributed by atoms with E-state index < -0.39 is 0 Å². The average Bonchev–Trinajstić information content (AvgIpc) is 3.08. The molecule has 0 N–H and O–H groups in total. The van der Waals surface area contributed by atoms with Crippen molar-refractivity contribution in [3.05, 3.63) is 0 Å². The van der Waals surface area contributed by atoms with Crippen LogP contribution in [0, 0.1) is 34.5 Å². The molecule has 0 spiro atoms. The van der Waals surface area contributed by atoms with E-state index in [2.05, 4.69) is 20.8 Å². The van der Waals surface area contributed by atoms with Gasteiger partial charge >= 0.3 is 5.97 Å². The molecular weight excluding hydrogens is 396 g/mol. The summed E-state index contributed by atoms with van der Waals surface area (Å²) >= 11 is 0. The monoisotopic (exact) mass is 444 g/mol. The van der Waals surface area contributed by atoms with E-state index in [0.717, 1.165) is 56.8 Å². The van der Waals surface area contributed by atoms with Crippen LogP contribution >= 0.6 is 0 Å². The molecule has 7 atom stereocenters. The van der Waals surface area contributed by atoms with Gasteiger partial charge in [0.2, 0.25) is 0 Å². The molecule has 3 heteroatoms. The summed E-state index contributed by atoms with van der Waals surface area (Å²) in [6.45, 7) is 7.07. The van der Waals surface area contributed by atoms with E-state index in [1.54, 1.807) is 0 Å². The van der Waals surface area contributed by atoms with Crippen molar-refractivity contribution in [2.45, 2.75) is 136 Å². The SMILES string of the molecule is CCCCCCCCCC(=O)O[C@H]1CC[C@@]2(C)[C@@H](CC[C@@H]3[C@@H]2CC[C@]2(C)C(=O)CC[C@@H]32)C1. The molecule has 0 unspecified atom stereocenters. The molecule has 3 nitrogen and oxygen atoms in total. The summed E-state index contributed by atoms with van der Waals surface area (Å²) in [5.41, 5.74) is 0.365. The van der Waals surface area contributed by atoms with E-state index >= 15 is 0 Å². The molecule has 4 saturated carbocycles. The number of hydrogen-bond acceptors (Lipinski definition) is 3. The van der Waals surface area contributed by atoms with E-state index in [0.29, 0.717) is 29.5 Å². The van der Waals surface area contributed by atoms with Crippen molar-refractivity contribution < 1.29 is 14.3 Å². The topological polar surface area (TPSA) is 43.4 Å². The minimum absolute atomic E-state index is 0.0207. The van der Waals surface area contributed by atoms with E-state index in [1.165, 1.54) is 57.8 Å². The highest BCUT2D eigenvalue weighted by molar-refractivity contribution is 5.87. The lowest BCUT2D eigenvalue weighted by Gasteiger charge is -2.60. The first-order valence-electron chi connectivity index (χ1n) is 14.1. The number of hydrogen-bond donors (Lipinski definition) is 0. The summed E-state index contributed by atoms with van der Waals surface area (Å²) in [4.78, 5) is 25.1. The Balaban J connectivity index is 1.24. The fraction of sp³-hybridized carbons (Fsp3) is 0.931. The maximum absolute atomic E-state index is 12.6. The first-order valence-corrected chi connectivity index (χ1v) is 14.1. The lowest BCUT2D eigenvalue weighted by molar-refractivity contribution is -0.162. The van der Waals surface area contributed by atoms with E-state index in [9.17, 15) is 9.59 Å². The molecule has 182 valence electrons. The van der Waals surface area contributed by atoms with E-state index in [1.807, 2.05) is 0 Å². The van der Waals surface area contributed by atoms with Gasteiger partial charge in [0.1, 0.15) is 11.9 Å². The number of carbonyl (C=O) groups is 2. The van der Waals surface area contributed by atoms with Crippen LogP contribution in [0.2, 0.25) is 0 Å². The van der Waals surface area contributed by atoms with Gasteiger partial charge in [0.25, 0.3) is 0 Å². The molecular formula is C29H48O3. The highest BCUT2D eigenvalue weighted by Crippen LogP contribution is 2.65. The molecule has 32 heavy (non-hydrogen) atoms. The van der Waals surface area contributed by atoms with Crippen molar-refractivity contribution in [3.63, 3.8) is 0 Å². The Hall–Kier alpha value is -0.860. The van der Waals surface area contributed by atoms with Crippen molar-refractivity contribution in [3.8, 4) is 0 Å². The molecule has 0 amide bonds. The number of Topliss-reactive ketones (excluding diaryl/α,β-unsaturated/α-hetero) is 1. The average molecular weight is 445 g/mol. The summed E-state index contributed by atoms with van der Waals surface area (Å²) in [6.07, 6.45) is 19.6. The minimum Gasteiger partial charge on any atom is -0.462 e. The summed E-state index contributed by atoms with van der Waals surface area (Å²) in [6, 6.07) is 0. The van der Waals surface area contributed by atoms with Crippen LogP contribution in [0.5, 0.6) is 0 Å². The second-order valence-corrected chi connectivity index (χ2v) is 12.3. The van der Waals surface area contributed by atoms with Gasteiger partial charge in [0, 0.05) is 18.3 Å². The van der Waals surface area contributed by atoms with Gasteiger partial charge in [0.05, 0.1) is 0 Å². The fourth-order valence-electron chi connectivity index (χ4n) is 8.57. The second-order valence-electron chi connectivity index (χ2n) is 12.3. The van der Waals surface area contributed by atoms with Crippen LogP contribution in [0.15, 0.2) is 0 Å². The number of ketones is 1. The Morgan fingerprint density at radius 2 is 1.66 bits per heavy atom. The quantitative estimate of drug-likeness (QED) is 0.271. The largest absolute Gasteiger partial charge is 0.462 e. The van der Waals surface area contributed by atoms with Gasteiger partial charge < -0.3 is 4.74 Å². The van der Waals surface area contributed by atoms with Gasteiger partial charge in [-0.15, -0.1) is 0 Å². The molecule has 0 aliphatic heterocycles. The lowest BCUT2D eigenvalue weighted by atomic mass is 9.45.